The molecule has 2 atom stereocenters. The van der Waals surface area contributed by atoms with Gasteiger partial charge in [-0.2, -0.15) is 0 Å². The van der Waals surface area contributed by atoms with Gasteiger partial charge in [-0.05, 0) is 26.7 Å². The Labute approximate surface area is 97.4 Å². The fourth-order valence-electron chi connectivity index (χ4n) is 1.95. The molecule has 2 amide bonds. The topological polar surface area (TPSA) is 49.4 Å². The van der Waals surface area contributed by atoms with Gasteiger partial charge in [0.15, 0.2) is 0 Å². The summed E-state index contributed by atoms with van der Waals surface area (Å²) in [6, 6.07) is -0.0960. The first-order chi connectivity index (χ1) is 7.43. The first-order valence-electron chi connectivity index (χ1n) is 6.04. The molecule has 0 saturated carbocycles. The molecule has 0 aromatic carbocycles. The van der Waals surface area contributed by atoms with Crippen molar-refractivity contribution in [2.45, 2.75) is 52.6 Å². The molecule has 4 nitrogen and oxygen atoms in total. The Hall–Kier alpha value is -1.06. The van der Waals surface area contributed by atoms with Gasteiger partial charge in [0.1, 0.15) is 6.04 Å². The molecule has 1 aliphatic rings. The zero-order valence-electron chi connectivity index (χ0n) is 10.6. The number of hydrogen-bond acceptors (Lipinski definition) is 2. The molecule has 0 aromatic rings. The zero-order valence-corrected chi connectivity index (χ0v) is 10.6. The van der Waals surface area contributed by atoms with E-state index in [0.717, 1.165) is 19.4 Å². The average Bonchev–Trinajstić information content (AvgIpc) is 2.62. The van der Waals surface area contributed by atoms with Gasteiger partial charge in [-0.25, -0.2) is 0 Å². The quantitative estimate of drug-likeness (QED) is 0.785. The number of nitrogens with zero attached hydrogens (tertiary/aromatic N) is 1. The van der Waals surface area contributed by atoms with Crippen molar-refractivity contribution >= 4 is 11.8 Å². The molecule has 1 rings (SSSR count). The molecule has 0 aromatic heterocycles. The summed E-state index contributed by atoms with van der Waals surface area (Å²) in [5.41, 5.74) is 0. The molecule has 1 N–H and O–H groups in total. The van der Waals surface area contributed by atoms with Gasteiger partial charge < -0.3 is 10.2 Å². The lowest BCUT2D eigenvalue weighted by atomic mass is 10.2. The molecule has 1 aliphatic heterocycles. The van der Waals surface area contributed by atoms with Gasteiger partial charge in [-0.1, -0.05) is 13.8 Å². The number of nitrogens with one attached hydrogen (secondary N) is 1. The molecule has 4 heteroatoms. The van der Waals surface area contributed by atoms with Crippen molar-refractivity contribution in [3.63, 3.8) is 0 Å². The van der Waals surface area contributed by atoms with Crippen LogP contribution in [0.2, 0.25) is 0 Å². The lowest BCUT2D eigenvalue weighted by molar-refractivity contribution is -0.137. The smallest absolute Gasteiger partial charge is 0.245 e. The highest BCUT2D eigenvalue weighted by atomic mass is 16.2. The summed E-state index contributed by atoms with van der Waals surface area (Å²) in [5.74, 6) is -0.0991. The molecule has 1 fully saturated rings. The van der Waals surface area contributed by atoms with Gasteiger partial charge in [0.05, 0.1) is 0 Å². The Morgan fingerprint density at radius 2 is 1.94 bits per heavy atom. The van der Waals surface area contributed by atoms with E-state index in [1.807, 2.05) is 18.7 Å². The van der Waals surface area contributed by atoms with Crippen LogP contribution in [0.15, 0.2) is 0 Å². The van der Waals surface area contributed by atoms with Gasteiger partial charge in [0.25, 0.3) is 0 Å². The second-order valence-corrected chi connectivity index (χ2v) is 4.91. The largest absolute Gasteiger partial charge is 0.344 e. The molecule has 92 valence electrons. The molecule has 0 aliphatic carbocycles. The highest BCUT2D eigenvalue weighted by Crippen LogP contribution is 2.17. The predicted octanol–water partition coefficient (Wildman–Crippen LogP) is 1.16. The third kappa shape index (κ3) is 2.97. The Morgan fingerprint density at radius 1 is 1.31 bits per heavy atom. The van der Waals surface area contributed by atoms with Crippen molar-refractivity contribution in [2.75, 3.05) is 6.54 Å². The molecule has 16 heavy (non-hydrogen) atoms. The van der Waals surface area contributed by atoms with E-state index in [4.69, 9.17) is 0 Å². The van der Waals surface area contributed by atoms with Crippen LogP contribution in [0.1, 0.15) is 40.5 Å². The maximum Gasteiger partial charge on any atom is 0.245 e. The summed E-state index contributed by atoms with van der Waals surface area (Å²) in [4.78, 5) is 25.4. The fourth-order valence-corrected chi connectivity index (χ4v) is 1.95. The minimum absolute atomic E-state index is 0.0407. The minimum Gasteiger partial charge on any atom is -0.344 e. The normalized spacial score (nSPS) is 22.3. The summed E-state index contributed by atoms with van der Waals surface area (Å²) in [5, 5.41) is 2.75. The van der Waals surface area contributed by atoms with Crippen LogP contribution in [0.3, 0.4) is 0 Å². The van der Waals surface area contributed by atoms with Crippen molar-refractivity contribution in [1.29, 1.82) is 0 Å². The highest BCUT2D eigenvalue weighted by molar-refractivity contribution is 5.88. The number of carbonyl (C=O) groups is 2. The number of carbonyl (C=O) groups excluding carboxylic acids is 2. The number of amides is 2. The third-order valence-corrected chi connectivity index (χ3v) is 3.09. The summed E-state index contributed by atoms with van der Waals surface area (Å²) >= 11 is 0. The summed E-state index contributed by atoms with van der Waals surface area (Å²) in [6.45, 7) is 8.29. The zero-order chi connectivity index (χ0) is 12.3. The standard InChI is InChI=1S/C12H22N2O2/c1-8(2)11(15)13-10(4)12(16)14-7-5-6-9(14)3/h8-10H,5-7H2,1-4H3,(H,13,15)/t9-,10+/m1/s1. The van der Waals surface area contributed by atoms with E-state index >= 15 is 0 Å². The van der Waals surface area contributed by atoms with Crippen LogP contribution in [0.5, 0.6) is 0 Å². The van der Waals surface area contributed by atoms with Crippen molar-refractivity contribution in [3.8, 4) is 0 Å². The van der Waals surface area contributed by atoms with Gasteiger partial charge in [0.2, 0.25) is 11.8 Å². The van der Waals surface area contributed by atoms with Crippen LogP contribution in [0.25, 0.3) is 0 Å². The predicted molar refractivity (Wildman–Crippen MR) is 62.9 cm³/mol. The van der Waals surface area contributed by atoms with Crippen molar-refractivity contribution in [3.05, 3.63) is 0 Å². The molecule has 0 radical (unpaired) electrons. The molecule has 0 spiro atoms. The average molecular weight is 226 g/mol. The summed E-state index contributed by atoms with van der Waals surface area (Å²) < 4.78 is 0. The second-order valence-electron chi connectivity index (χ2n) is 4.91. The summed E-state index contributed by atoms with van der Waals surface area (Å²) in [6.07, 6.45) is 2.13. The first-order valence-corrected chi connectivity index (χ1v) is 6.04. The van der Waals surface area contributed by atoms with E-state index in [9.17, 15) is 9.59 Å². The van der Waals surface area contributed by atoms with Gasteiger partial charge in [-0.15, -0.1) is 0 Å². The van der Waals surface area contributed by atoms with E-state index in [-0.39, 0.29) is 17.7 Å². The number of rotatable bonds is 3. The second kappa shape index (κ2) is 5.32. The minimum atomic E-state index is -0.407. The Morgan fingerprint density at radius 3 is 2.38 bits per heavy atom. The van der Waals surface area contributed by atoms with Crippen LogP contribution < -0.4 is 5.32 Å². The van der Waals surface area contributed by atoms with E-state index in [2.05, 4.69) is 12.2 Å². The monoisotopic (exact) mass is 226 g/mol. The number of likely N-dealkylation sites (tertiary alicyclic amines) is 1. The van der Waals surface area contributed by atoms with Crippen molar-refractivity contribution in [1.82, 2.24) is 10.2 Å². The lowest BCUT2D eigenvalue weighted by Gasteiger charge is -2.25. The van der Waals surface area contributed by atoms with E-state index in [1.165, 1.54) is 0 Å². The number of hydrogen-bond donors (Lipinski definition) is 1. The first kappa shape index (κ1) is 13.0. The van der Waals surface area contributed by atoms with Crippen LogP contribution in [-0.2, 0) is 9.59 Å². The highest BCUT2D eigenvalue weighted by Gasteiger charge is 2.29. The fraction of sp³-hybridized carbons (Fsp3) is 0.833. The molecule has 0 bridgehead atoms. The van der Waals surface area contributed by atoms with E-state index in [1.54, 1.807) is 6.92 Å². The van der Waals surface area contributed by atoms with Crippen LogP contribution >= 0.6 is 0 Å². The SMILES string of the molecule is CC(C)C(=O)N[C@@H](C)C(=O)N1CCC[C@H]1C. The lowest BCUT2D eigenvalue weighted by Crippen LogP contribution is -2.48. The molecule has 0 unspecified atom stereocenters. The Bertz CT molecular complexity index is 276. The van der Waals surface area contributed by atoms with Gasteiger partial charge >= 0.3 is 0 Å². The van der Waals surface area contributed by atoms with Gasteiger partial charge in [0, 0.05) is 18.5 Å². The molecular weight excluding hydrogens is 204 g/mol. The molecule has 1 heterocycles. The van der Waals surface area contributed by atoms with Crippen molar-refractivity contribution < 1.29 is 9.59 Å². The van der Waals surface area contributed by atoms with Crippen LogP contribution in [0, 0.1) is 5.92 Å². The van der Waals surface area contributed by atoms with E-state index in [0.29, 0.717) is 6.04 Å². The van der Waals surface area contributed by atoms with Gasteiger partial charge in [-0.3, -0.25) is 9.59 Å². The Balaban J connectivity index is 2.50. The van der Waals surface area contributed by atoms with Crippen LogP contribution in [0.4, 0.5) is 0 Å². The third-order valence-electron chi connectivity index (χ3n) is 3.09. The maximum atomic E-state index is 12.0. The van der Waals surface area contributed by atoms with Crippen LogP contribution in [-0.4, -0.2) is 35.3 Å². The molecular formula is C12H22N2O2. The maximum absolute atomic E-state index is 12.0. The van der Waals surface area contributed by atoms with E-state index < -0.39 is 6.04 Å². The van der Waals surface area contributed by atoms with Crippen molar-refractivity contribution in [2.24, 2.45) is 5.92 Å². The summed E-state index contributed by atoms with van der Waals surface area (Å²) in [7, 11) is 0. The molecule has 1 saturated heterocycles. The Kier molecular flexibility index (Phi) is 4.33.